The van der Waals surface area contributed by atoms with E-state index in [-0.39, 0.29) is 18.1 Å². The van der Waals surface area contributed by atoms with Crippen LogP contribution in [0.1, 0.15) is 50.1 Å². The van der Waals surface area contributed by atoms with Crippen LogP contribution in [0.5, 0.6) is 0 Å². The van der Waals surface area contributed by atoms with Crippen LogP contribution in [0.25, 0.3) is 11.3 Å². The van der Waals surface area contributed by atoms with Crippen molar-refractivity contribution in [1.82, 2.24) is 15.2 Å². The normalized spacial score (nSPS) is 14.8. The molecule has 0 unspecified atom stereocenters. The third kappa shape index (κ3) is 5.31. The number of amides is 1. The minimum Gasteiger partial charge on any atom is -0.441 e. The van der Waals surface area contributed by atoms with Crippen LogP contribution in [-0.4, -0.2) is 21.1 Å². The summed E-state index contributed by atoms with van der Waals surface area (Å²) >= 11 is 0. The van der Waals surface area contributed by atoms with Crippen molar-refractivity contribution in [3.05, 3.63) is 53.9 Å². The maximum absolute atomic E-state index is 13.0. The molecule has 1 aliphatic rings. The van der Waals surface area contributed by atoms with Gasteiger partial charge in [-0.15, -0.1) is 0 Å². The van der Waals surface area contributed by atoms with Gasteiger partial charge in [0.1, 0.15) is 5.82 Å². The minimum absolute atomic E-state index is 0.137. The van der Waals surface area contributed by atoms with Crippen molar-refractivity contribution in [3.8, 4) is 11.3 Å². The number of nitrogens with one attached hydrogen (secondary N) is 2. The van der Waals surface area contributed by atoms with E-state index in [0.29, 0.717) is 29.8 Å². The van der Waals surface area contributed by atoms with Crippen molar-refractivity contribution >= 4 is 11.7 Å². The highest BCUT2D eigenvalue weighted by Gasteiger charge is 2.16. The summed E-state index contributed by atoms with van der Waals surface area (Å²) in [6, 6.07) is 7.93. The Balaban J connectivity index is 1.25. The lowest BCUT2D eigenvalue weighted by molar-refractivity contribution is -0.116. The topological polar surface area (TPSA) is 83.8 Å². The highest BCUT2D eigenvalue weighted by atomic mass is 19.1. The molecule has 1 aromatic carbocycles. The van der Waals surface area contributed by atoms with E-state index in [4.69, 9.17) is 4.42 Å². The number of aromatic amines is 1. The number of benzene rings is 1. The van der Waals surface area contributed by atoms with Crippen LogP contribution >= 0.6 is 0 Å². The summed E-state index contributed by atoms with van der Waals surface area (Å²) in [6.45, 7) is 0. The summed E-state index contributed by atoms with van der Waals surface area (Å²) in [4.78, 5) is 16.4. The molecule has 2 heterocycles. The summed E-state index contributed by atoms with van der Waals surface area (Å²) in [6.07, 6.45) is 9.72. The number of hydrogen-bond donors (Lipinski definition) is 2. The molecule has 7 heteroatoms. The van der Waals surface area contributed by atoms with Crippen LogP contribution in [0.15, 0.2) is 40.9 Å². The first-order chi connectivity index (χ1) is 14.2. The predicted octanol–water partition coefficient (Wildman–Crippen LogP) is 4.90. The molecule has 0 spiro atoms. The fourth-order valence-corrected chi connectivity index (χ4v) is 3.83. The summed E-state index contributed by atoms with van der Waals surface area (Å²) in [5.41, 5.74) is 1.82. The van der Waals surface area contributed by atoms with Gasteiger partial charge < -0.3 is 9.73 Å². The zero-order valence-electron chi connectivity index (χ0n) is 16.3. The fraction of sp³-hybridized carbons (Fsp3) is 0.409. The summed E-state index contributed by atoms with van der Waals surface area (Å²) in [7, 11) is 0. The van der Waals surface area contributed by atoms with Gasteiger partial charge in [0.2, 0.25) is 5.91 Å². The van der Waals surface area contributed by atoms with Gasteiger partial charge in [0.05, 0.1) is 6.20 Å². The van der Waals surface area contributed by atoms with Crippen molar-refractivity contribution < 1.29 is 13.6 Å². The second-order valence-corrected chi connectivity index (χ2v) is 7.66. The molecular formula is C22H25FN4O2. The Morgan fingerprint density at radius 2 is 2.00 bits per heavy atom. The van der Waals surface area contributed by atoms with Gasteiger partial charge in [0, 0.05) is 30.2 Å². The number of carbonyl (C=O) groups excluding carboxylic acids is 1. The minimum atomic E-state index is -0.301. The van der Waals surface area contributed by atoms with Crippen molar-refractivity contribution in [2.75, 3.05) is 5.32 Å². The smallest absolute Gasteiger partial charge is 0.226 e. The van der Waals surface area contributed by atoms with Gasteiger partial charge in [-0.3, -0.25) is 9.89 Å². The van der Waals surface area contributed by atoms with E-state index in [1.165, 1.54) is 44.2 Å². The highest BCUT2D eigenvalue weighted by Crippen LogP contribution is 2.27. The monoisotopic (exact) mass is 396 g/mol. The Morgan fingerprint density at radius 3 is 2.79 bits per heavy atom. The maximum Gasteiger partial charge on any atom is 0.226 e. The molecule has 1 fully saturated rings. The average molecular weight is 396 g/mol. The number of nitrogens with zero attached hydrogens (tertiary/aromatic N) is 2. The molecule has 1 saturated carbocycles. The molecule has 3 aromatic rings. The summed E-state index contributed by atoms with van der Waals surface area (Å²) in [5.74, 6) is 1.86. The number of hydrogen-bond acceptors (Lipinski definition) is 4. The van der Waals surface area contributed by atoms with Crippen molar-refractivity contribution in [3.63, 3.8) is 0 Å². The van der Waals surface area contributed by atoms with Gasteiger partial charge in [-0.05, 0) is 36.6 Å². The van der Waals surface area contributed by atoms with Crippen LogP contribution < -0.4 is 5.32 Å². The molecule has 29 heavy (non-hydrogen) atoms. The lowest BCUT2D eigenvalue weighted by Crippen LogP contribution is -2.12. The molecule has 2 N–H and O–H groups in total. The number of halogens is 1. The maximum atomic E-state index is 13.0. The summed E-state index contributed by atoms with van der Waals surface area (Å²) in [5, 5.41) is 10.1. The average Bonchev–Trinajstić information content (AvgIpc) is 3.37. The molecule has 2 aromatic heterocycles. The molecule has 0 radical (unpaired) electrons. The Kier molecular flexibility index (Phi) is 6.03. The van der Waals surface area contributed by atoms with Gasteiger partial charge >= 0.3 is 0 Å². The molecule has 0 atom stereocenters. The number of rotatable bonds is 7. The van der Waals surface area contributed by atoms with E-state index in [2.05, 4.69) is 20.5 Å². The molecule has 0 aliphatic heterocycles. The molecule has 4 rings (SSSR count). The summed E-state index contributed by atoms with van der Waals surface area (Å²) < 4.78 is 18.7. The van der Waals surface area contributed by atoms with Gasteiger partial charge in [0.15, 0.2) is 17.5 Å². The Hall–Kier alpha value is -2.96. The number of carbonyl (C=O) groups is 1. The lowest BCUT2D eigenvalue weighted by atomic mass is 9.86. The Bertz CT molecular complexity index is 942. The van der Waals surface area contributed by atoms with Crippen molar-refractivity contribution in [2.45, 2.75) is 51.4 Å². The molecule has 1 aliphatic carbocycles. The molecule has 1 amide bonds. The SMILES string of the molecule is O=C(CCc1ncc(-c2ccc(F)cc2)o1)Nc1cc(CC2CCCCC2)[nH]n1. The van der Waals surface area contributed by atoms with Crippen LogP contribution in [-0.2, 0) is 17.6 Å². The second kappa shape index (κ2) is 9.03. The largest absolute Gasteiger partial charge is 0.441 e. The first kappa shape index (κ1) is 19.4. The van der Waals surface area contributed by atoms with Gasteiger partial charge in [0.25, 0.3) is 0 Å². The number of aromatic nitrogens is 3. The van der Waals surface area contributed by atoms with E-state index in [9.17, 15) is 9.18 Å². The zero-order chi connectivity index (χ0) is 20.1. The quantitative estimate of drug-likeness (QED) is 0.595. The first-order valence-corrected chi connectivity index (χ1v) is 10.2. The zero-order valence-corrected chi connectivity index (χ0v) is 16.3. The Labute approximate surface area is 168 Å². The van der Waals surface area contributed by atoms with Crippen LogP contribution in [0.2, 0.25) is 0 Å². The van der Waals surface area contributed by atoms with Gasteiger partial charge in [-0.25, -0.2) is 9.37 Å². The van der Waals surface area contributed by atoms with E-state index in [0.717, 1.165) is 17.7 Å². The molecular weight excluding hydrogens is 371 g/mol. The van der Waals surface area contributed by atoms with E-state index < -0.39 is 0 Å². The molecule has 6 nitrogen and oxygen atoms in total. The molecule has 0 bridgehead atoms. The van der Waals surface area contributed by atoms with Crippen molar-refractivity contribution in [2.24, 2.45) is 5.92 Å². The van der Waals surface area contributed by atoms with E-state index >= 15 is 0 Å². The van der Waals surface area contributed by atoms with Crippen LogP contribution in [0, 0.1) is 11.7 Å². The number of aryl methyl sites for hydroxylation is 1. The van der Waals surface area contributed by atoms with Crippen LogP contribution in [0.3, 0.4) is 0 Å². The van der Waals surface area contributed by atoms with E-state index in [1.54, 1.807) is 18.3 Å². The van der Waals surface area contributed by atoms with Crippen LogP contribution in [0.4, 0.5) is 10.2 Å². The third-order valence-corrected chi connectivity index (χ3v) is 5.38. The fourth-order valence-electron chi connectivity index (χ4n) is 3.83. The standard InChI is InChI=1S/C22H25FN4O2/c23-17-8-6-16(7-9-17)19-14-24-22(29-19)11-10-21(28)25-20-13-18(26-27-20)12-15-4-2-1-3-5-15/h6-9,13-15H,1-5,10-12H2,(H2,25,26,27,28). The van der Waals surface area contributed by atoms with Gasteiger partial charge in [-0.1, -0.05) is 32.1 Å². The molecule has 152 valence electrons. The number of anilines is 1. The highest BCUT2D eigenvalue weighted by molar-refractivity contribution is 5.89. The lowest BCUT2D eigenvalue weighted by Gasteiger charge is -2.20. The third-order valence-electron chi connectivity index (χ3n) is 5.38. The number of oxazole rings is 1. The van der Waals surface area contributed by atoms with E-state index in [1.807, 2.05) is 6.07 Å². The second-order valence-electron chi connectivity index (χ2n) is 7.66. The molecule has 0 saturated heterocycles. The predicted molar refractivity (Wildman–Crippen MR) is 108 cm³/mol. The van der Waals surface area contributed by atoms with Crippen molar-refractivity contribution in [1.29, 1.82) is 0 Å². The first-order valence-electron chi connectivity index (χ1n) is 10.2. The van der Waals surface area contributed by atoms with Gasteiger partial charge in [-0.2, -0.15) is 5.10 Å². The number of H-pyrrole nitrogens is 1. The Morgan fingerprint density at radius 1 is 1.21 bits per heavy atom.